The molecule has 6 nitrogen and oxygen atoms in total. The van der Waals surface area contributed by atoms with Gasteiger partial charge in [-0.15, -0.1) is 5.10 Å². The zero-order valence-electron chi connectivity index (χ0n) is 14.4. The summed E-state index contributed by atoms with van der Waals surface area (Å²) in [6, 6.07) is 12.9. The minimum atomic E-state index is -0.396. The van der Waals surface area contributed by atoms with Gasteiger partial charge in [0, 0.05) is 22.8 Å². The van der Waals surface area contributed by atoms with Crippen molar-refractivity contribution < 1.29 is 8.81 Å². The van der Waals surface area contributed by atoms with Crippen LogP contribution < -0.4 is 5.32 Å². The first kappa shape index (κ1) is 17.4. The van der Waals surface area contributed by atoms with E-state index in [1.54, 1.807) is 29.2 Å². The Bertz CT molecular complexity index is 1070. The lowest BCUT2D eigenvalue weighted by atomic mass is 10.2. The van der Waals surface area contributed by atoms with Crippen molar-refractivity contribution in [1.82, 2.24) is 19.7 Å². The van der Waals surface area contributed by atoms with Crippen molar-refractivity contribution in [1.29, 1.82) is 0 Å². The van der Waals surface area contributed by atoms with Crippen molar-refractivity contribution in [3.63, 3.8) is 0 Å². The number of hydrogen-bond donors (Lipinski definition) is 1. The average molecular weight is 428 g/mol. The molecule has 2 heterocycles. The Morgan fingerprint density at radius 3 is 2.67 bits per heavy atom. The number of rotatable bonds is 5. The summed E-state index contributed by atoms with van der Waals surface area (Å²) in [7, 11) is 0. The second-order valence-corrected chi connectivity index (χ2v) is 6.90. The quantitative estimate of drug-likeness (QED) is 0.497. The number of nitrogens with one attached hydrogen (secondary N) is 1. The van der Waals surface area contributed by atoms with Crippen LogP contribution in [0, 0.1) is 12.7 Å². The number of nitrogens with zero attached hydrogens (tertiary/aromatic N) is 4. The SMILES string of the molecule is Cc1cn(-c2ccc(-c3nnc(NCc4ccc(Br)cc4)o3)cc2F)cn1. The maximum atomic E-state index is 14.5. The van der Waals surface area contributed by atoms with Gasteiger partial charge in [0.05, 0.1) is 17.7 Å². The fourth-order valence-corrected chi connectivity index (χ4v) is 2.86. The summed E-state index contributed by atoms with van der Waals surface area (Å²) in [6.07, 6.45) is 3.33. The van der Waals surface area contributed by atoms with Crippen molar-refractivity contribution in [3.05, 3.63) is 76.5 Å². The van der Waals surface area contributed by atoms with E-state index in [9.17, 15) is 4.39 Å². The van der Waals surface area contributed by atoms with Gasteiger partial charge in [-0.3, -0.25) is 0 Å². The summed E-state index contributed by atoms with van der Waals surface area (Å²) >= 11 is 3.40. The third-order valence-corrected chi connectivity index (χ3v) is 4.50. The van der Waals surface area contributed by atoms with Gasteiger partial charge in [0.1, 0.15) is 5.82 Å². The van der Waals surface area contributed by atoms with E-state index >= 15 is 0 Å². The van der Waals surface area contributed by atoms with Gasteiger partial charge in [-0.25, -0.2) is 9.37 Å². The van der Waals surface area contributed by atoms with E-state index in [4.69, 9.17) is 4.42 Å². The number of aryl methyl sites for hydroxylation is 1. The summed E-state index contributed by atoms with van der Waals surface area (Å²) in [5.74, 6) is -0.145. The molecule has 0 saturated heterocycles. The van der Waals surface area contributed by atoms with Crippen molar-refractivity contribution >= 4 is 21.9 Å². The molecular formula is C19H15BrFN5O. The van der Waals surface area contributed by atoms with Crippen LogP contribution in [0.15, 0.2) is 63.9 Å². The van der Waals surface area contributed by atoms with Crippen molar-refractivity contribution in [2.45, 2.75) is 13.5 Å². The summed E-state index contributed by atoms with van der Waals surface area (Å²) in [6.45, 7) is 2.40. The predicted octanol–water partition coefficient (Wildman–Crippen LogP) is 4.74. The molecule has 4 aromatic rings. The molecule has 2 aromatic carbocycles. The van der Waals surface area contributed by atoms with E-state index in [1.165, 1.54) is 6.07 Å². The number of anilines is 1. The Hall–Kier alpha value is -3.00. The third-order valence-electron chi connectivity index (χ3n) is 3.97. The summed E-state index contributed by atoms with van der Waals surface area (Å²) in [5.41, 5.74) is 2.81. The van der Waals surface area contributed by atoms with Gasteiger partial charge < -0.3 is 14.3 Å². The van der Waals surface area contributed by atoms with Crippen molar-refractivity contribution in [2.75, 3.05) is 5.32 Å². The largest absolute Gasteiger partial charge is 0.403 e. The first-order valence-electron chi connectivity index (χ1n) is 8.21. The van der Waals surface area contributed by atoms with E-state index in [0.717, 1.165) is 15.7 Å². The zero-order chi connectivity index (χ0) is 18.8. The first-order valence-corrected chi connectivity index (χ1v) is 9.00. The molecule has 136 valence electrons. The highest BCUT2D eigenvalue weighted by Crippen LogP contribution is 2.24. The minimum absolute atomic E-state index is 0.251. The maximum absolute atomic E-state index is 14.5. The molecule has 1 N–H and O–H groups in total. The van der Waals surface area contributed by atoms with Gasteiger partial charge in [-0.05, 0) is 42.8 Å². The average Bonchev–Trinajstić information content (AvgIpc) is 3.30. The number of aromatic nitrogens is 4. The van der Waals surface area contributed by atoms with Crippen LogP contribution in [-0.2, 0) is 6.54 Å². The first-order chi connectivity index (χ1) is 13.1. The lowest BCUT2D eigenvalue weighted by Gasteiger charge is -2.05. The molecule has 0 spiro atoms. The van der Waals surface area contributed by atoms with Crippen molar-refractivity contribution in [3.8, 4) is 17.1 Å². The Balaban J connectivity index is 1.49. The molecular weight excluding hydrogens is 413 g/mol. The highest BCUT2D eigenvalue weighted by molar-refractivity contribution is 9.10. The molecule has 27 heavy (non-hydrogen) atoms. The monoisotopic (exact) mass is 427 g/mol. The molecule has 0 bridgehead atoms. The molecule has 4 rings (SSSR count). The van der Waals surface area contributed by atoms with Crippen LogP contribution in [0.4, 0.5) is 10.4 Å². The smallest absolute Gasteiger partial charge is 0.316 e. The fraction of sp³-hybridized carbons (Fsp3) is 0.105. The van der Waals surface area contributed by atoms with E-state index in [0.29, 0.717) is 17.8 Å². The molecule has 0 unspecified atom stereocenters. The van der Waals surface area contributed by atoms with Crippen LogP contribution in [0.3, 0.4) is 0 Å². The Labute approximate surface area is 163 Å². The van der Waals surface area contributed by atoms with Crippen LogP contribution in [0.5, 0.6) is 0 Å². The minimum Gasteiger partial charge on any atom is -0.403 e. The Kier molecular flexibility index (Phi) is 4.72. The summed E-state index contributed by atoms with van der Waals surface area (Å²) < 4.78 is 22.7. The van der Waals surface area contributed by atoms with E-state index in [1.807, 2.05) is 31.2 Å². The zero-order valence-corrected chi connectivity index (χ0v) is 15.9. The molecule has 0 radical (unpaired) electrons. The predicted molar refractivity (Wildman–Crippen MR) is 103 cm³/mol. The van der Waals surface area contributed by atoms with Crippen LogP contribution in [0.1, 0.15) is 11.3 Å². The third kappa shape index (κ3) is 3.90. The van der Waals surface area contributed by atoms with Gasteiger partial charge in [-0.2, -0.15) is 0 Å². The van der Waals surface area contributed by atoms with Gasteiger partial charge in [0.2, 0.25) is 5.89 Å². The number of hydrogen-bond acceptors (Lipinski definition) is 5. The van der Waals surface area contributed by atoms with Gasteiger partial charge in [-0.1, -0.05) is 33.2 Å². The molecule has 0 aliphatic rings. The maximum Gasteiger partial charge on any atom is 0.316 e. The molecule has 2 aromatic heterocycles. The van der Waals surface area contributed by atoms with E-state index < -0.39 is 5.82 Å². The molecule has 0 atom stereocenters. The number of halogens is 2. The van der Waals surface area contributed by atoms with Crippen LogP contribution in [0.2, 0.25) is 0 Å². The van der Waals surface area contributed by atoms with Crippen LogP contribution in [-0.4, -0.2) is 19.7 Å². The standard InChI is InChI=1S/C19H15BrFN5O/c1-12-10-26(11-23-12)17-7-4-14(8-16(17)21)18-24-25-19(27-18)22-9-13-2-5-15(20)6-3-13/h2-8,10-11H,9H2,1H3,(H,22,25). The Morgan fingerprint density at radius 1 is 1.15 bits per heavy atom. The van der Waals surface area contributed by atoms with Crippen molar-refractivity contribution in [2.24, 2.45) is 0 Å². The molecule has 0 amide bonds. The van der Waals surface area contributed by atoms with Gasteiger partial charge >= 0.3 is 6.01 Å². The summed E-state index contributed by atoms with van der Waals surface area (Å²) in [4.78, 5) is 4.11. The van der Waals surface area contributed by atoms with E-state index in [2.05, 4.69) is 36.4 Å². The van der Waals surface area contributed by atoms with Gasteiger partial charge in [0.25, 0.3) is 0 Å². The molecule has 0 aliphatic heterocycles. The highest BCUT2D eigenvalue weighted by Gasteiger charge is 2.12. The topological polar surface area (TPSA) is 68.8 Å². The lowest BCUT2D eigenvalue weighted by molar-refractivity contribution is 0.578. The molecule has 0 fully saturated rings. The summed E-state index contributed by atoms with van der Waals surface area (Å²) in [5, 5.41) is 11.0. The number of imidazole rings is 1. The Morgan fingerprint density at radius 2 is 1.96 bits per heavy atom. The van der Waals surface area contributed by atoms with E-state index in [-0.39, 0.29) is 11.9 Å². The van der Waals surface area contributed by atoms with Crippen LogP contribution in [0.25, 0.3) is 17.1 Å². The fourth-order valence-electron chi connectivity index (χ4n) is 2.59. The number of benzene rings is 2. The second kappa shape index (κ2) is 7.32. The molecule has 0 saturated carbocycles. The lowest BCUT2D eigenvalue weighted by Crippen LogP contribution is -1.99. The van der Waals surface area contributed by atoms with Gasteiger partial charge in [0.15, 0.2) is 0 Å². The normalized spacial score (nSPS) is 10.9. The molecule has 0 aliphatic carbocycles. The highest BCUT2D eigenvalue weighted by atomic mass is 79.9. The van der Waals surface area contributed by atoms with Crippen LogP contribution >= 0.6 is 15.9 Å². The second-order valence-electron chi connectivity index (χ2n) is 5.98. The molecule has 8 heteroatoms.